The SMILES string of the molecule is CC1OC(C(=O)O)C(O)C(O)C1O. The normalized spacial score (nSPS) is 46.0. The van der Waals surface area contributed by atoms with E-state index in [1.54, 1.807) is 0 Å². The minimum atomic E-state index is -1.59. The second-order valence-electron chi connectivity index (χ2n) is 3.07. The van der Waals surface area contributed by atoms with Gasteiger partial charge in [0.2, 0.25) is 0 Å². The minimum Gasteiger partial charge on any atom is -0.479 e. The lowest BCUT2D eigenvalue weighted by molar-refractivity contribution is -0.223. The van der Waals surface area contributed by atoms with E-state index < -0.39 is 36.5 Å². The molecule has 5 unspecified atom stereocenters. The molecule has 5 atom stereocenters. The molecule has 0 spiro atoms. The van der Waals surface area contributed by atoms with E-state index in [2.05, 4.69) is 0 Å². The van der Waals surface area contributed by atoms with Crippen LogP contribution in [0.4, 0.5) is 0 Å². The molecule has 4 N–H and O–H groups in total. The summed E-state index contributed by atoms with van der Waals surface area (Å²) in [5.74, 6) is -1.36. The molecule has 1 fully saturated rings. The van der Waals surface area contributed by atoms with Crippen LogP contribution in [0.15, 0.2) is 0 Å². The molecule has 1 saturated heterocycles. The summed E-state index contributed by atoms with van der Waals surface area (Å²) >= 11 is 0. The van der Waals surface area contributed by atoms with Crippen molar-refractivity contribution in [2.24, 2.45) is 0 Å². The summed E-state index contributed by atoms with van der Waals surface area (Å²) in [6, 6.07) is 0. The van der Waals surface area contributed by atoms with E-state index in [9.17, 15) is 20.1 Å². The highest BCUT2D eigenvalue weighted by Crippen LogP contribution is 2.20. The number of aliphatic carboxylic acids is 1. The zero-order valence-corrected chi connectivity index (χ0v) is 6.99. The summed E-state index contributed by atoms with van der Waals surface area (Å²) in [6.45, 7) is 1.43. The smallest absolute Gasteiger partial charge is 0.335 e. The van der Waals surface area contributed by atoms with E-state index in [4.69, 9.17) is 9.84 Å². The Morgan fingerprint density at radius 1 is 1.15 bits per heavy atom. The molecule has 1 heterocycles. The van der Waals surface area contributed by atoms with Gasteiger partial charge in [-0.25, -0.2) is 4.79 Å². The summed E-state index contributed by atoms with van der Waals surface area (Å²) in [5, 5.41) is 36.1. The molecular weight excluding hydrogens is 180 g/mol. The largest absolute Gasteiger partial charge is 0.479 e. The van der Waals surface area contributed by atoms with Gasteiger partial charge in [-0.05, 0) is 6.92 Å². The standard InChI is InChI=1S/C7H12O6/c1-2-3(8)4(9)5(10)6(13-2)7(11)12/h2-6,8-10H,1H3,(H,11,12). The van der Waals surface area contributed by atoms with Crippen molar-refractivity contribution < 1.29 is 30.0 Å². The molecule has 1 aliphatic rings. The molecule has 0 aromatic heterocycles. The summed E-state index contributed by atoms with van der Waals surface area (Å²) in [4.78, 5) is 10.5. The van der Waals surface area contributed by atoms with E-state index in [0.717, 1.165) is 0 Å². The molecule has 1 aliphatic heterocycles. The molecule has 0 aliphatic carbocycles. The van der Waals surface area contributed by atoms with Crippen molar-refractivity contribution in [3.05, 3.63) is 0 Å². The monoisotopic (exact) mass is 192 g/mol. The van der Waals surface area contributed by atoms with Gasteiger partial charge in [0, 0.05) is 0 Å². The average molecular weight is 192 g/mol. The van der Waals surface area contributed by atoms with Gasteiger partial charge in [0.05, 0.1) is 6.10 Å². The van der Waals surface area contributed by atoms with Crippen LogP contribution in [-0.4, -0.2) is 56.9 Å². The minimum absolute atomic E-state index is 0.806. The fourth-order valence-corrected chi connectivity index (χ4v) is 1.26. The Morgan fingerprint density at radius 2 is 1.69 bits per heavy atom. The van der Waals surface area contributed by atoms with Crippen LogP contribution in [0.25, 0.3) is 0 Å². The van der Waals surface area contributed by atoms with E-state index in [0.29, 0.717) is 0 Å². The van der Waals surface area contributed by atoms with Gasteiger partial charge >= 0.3 is 5.97 Å². The third-order valence-electron chi connectivity index (χ3n) is 2.10. The summed E-state index contributed by atoms with van der Waals surface area (Å²) in [6.07, 6.45) is -6.62. The number of carboxylic acid groups (broad SMARTS) is 1. The Hall–Kier alpha value is -0.690. The molecule has 0 aromatic carbocycles. The first-order chi connectivity index (χ1) is 5.95. The zero-order valence-electron chi connectivity index (χ0n) is 6.99. The van der Waals surface area contributed by atoms with E-state index in [1.165, 1.54) is 6.92 Å². The quantitative estimate of drug-likeness (QED) is 0.380. The van der Waals surface area contributed by atoms with Crippen molar-refractivity contribution in [2.45, 2.75) is 37.4 Å². The van der Waals surface area contributed by atoms with Gasteiger partial charge in [0.25, 0.3) is 0 Å². The Labute approximate surface area is 74.4 Å². The molecular formula is C7H12O6. The number of aliphatic hydroxyl groups excluding tert-OH is 3. The number of hydrogen-bond acceptors (Lipinski definition) is 5. The van der Waals surface area contributed by atoms with Gasteiger partial charge in [-0.3, -0.25) is 0 Å². The van der Waals surface area contributed by atoms with Gasteiger partial charge in [-0.15, -0.1) is 0 Å². The van der Waals surface area contributed by atoms with E-state index in [1.807, 2.05) is 0 Å². The summed E-state index contributed by atoms with van der Waals surface area (Å²) in [7, 11) is 0. The molecule has 0 aromatic rings. The number of carboxylic acids is 1. The van der Waals surface area contributed by atoms with Crippen LogP contribution < -0.4 is 0 Å². The Bertz CT molecular complexity index is 205. The molecule has 76 valence electrons. The molecule has 0 radical (unpaired) electrons. The third kappa shape index (κ3) is 1.80. The lowest BCUT2D eigenvalue weighted by Gasteiger charge is -2.37. The molecule has 0 amide bonds. The lowest BCUT2D eigenvalue weighted by Crippen LogP contribution is -2.58. The first kappa shape index (κ1) is 10.4. The van der Waals surface area contributed by atoms with Crippen molar-refractivity contribution in [1.29, 1.82) is 0 Å². The number of carbonyl (C=O) groups is 1. The first-order valence-electron chi connectivity index (χ1n) is 3.87. The van der Waals surface area contributed by atoms with Crippen molar-refractivity contribution in [3.8, 4) is 0 Å². The topological polar surface area (TPSA) is 107 Å². The van der Waals surface area contributed by atoms with Gasteiger partial charge < -0.3 is 25.2 Å². The summed E-state index contributed by atoms with van der Waals surface area (Å²) < 4.78 is 4.78. The van der Waals surface area contributed by atoms with Crippen LogP contribution in [0.1, 0.15) is 6.92 Å². The predicted octanol–water partition coefficient (Wildman–Crippen LogP) is -2.06. The second-order valence-corrected chi connectivity index (χ2v) is 3.07. The summed E-state index contributed by atoms with van der Waals surface area (Å²) in [5.41, 5.74) is 0. The fourth-order valence-electron chi connectivity index (χ4n) is 1.26. The van der Waals surface area contributed by atoms with Crippen LogP contribution in [-0.2, 0) is 9.53 Å². The van der Waals surface area contributed by atoms with E-state index in [-0.39, 0.29) is 0 Å². The Morgan fingerprint density at radius 3 is 2.15 bits per heavy atom. The zero-order chi connectivity index (χ0) is 10.2. The van der Waals surface area contributed by atoms with Gasteiger partial charge in [0.1, 0.15) is 18.3 Å². The predicted molar refractivity (Wildman–Crippen MR) is 40.0 cm³/mol. The molecule has 6 heteroatoms. The van der Waals surface area contributed by atoms with Crippen molar-refractivity contribution in [1.82, 2.24) is 0 Å². The Kier molecular flexibility index (Phi) is 2.87. The average Bonchev–Trinajstić information content (AvgIpc) is 2.07. The molecule has 1 rings (SSSR count). The maximum Gasteiger partial charge on any atom is 0.335 e. The van der Waals surface area contributed by atoms with E-state index >= 15 is 0 Å². The maximum atomic E-state index is 10.5. The van der Waals surface area contributed by atoms with Gasteiger partial charge in [-0.1, -0.05) is 0 Å². The fraction of sp³-hybridized carbons (Fsp3) is 0.857. The maximum absolute atomic E-state index is 10.5. The van der Waals surface area contributed by atoms with Crippen LogP contribution in [0, 0.1) is 0 Å². The van der Waals surface area contributed by atoms with Gasteiger partial charge in [-0.2, -0.15) is 0 Å². The van der Waals surface area contributed by atoms with Crippen LogP contribution in [0.3, 0.4) is 0 Å². The number of hydrogen-bond donors (Lipinski definition) is 4. The second kappa shape index (κ2) is 3.59. The van der Waals surface area contributed by atoms with Crippen LogP contribution in [0.5, 0.6) is 0 Å². The van der Waals surface area contributed by atoms with Crippen molar-refractivity contribution in [3.63, 3.8) is 0 Å². The van der Waals surface area contributed by atoms with Gasteiger partial charge in [0.15, 0.2) is 6.10 Å². The molecule has 13 heavy (non-hydrogen) atoms. The highest BCUT2D eigenvalue weighted by atomic mass is 16.6. The number of rotatable bonds is 1. The van der Waals surface area contributed by atoms with Crippen molar-refractivity contribution >= 4 is 5.97 Å². The van der Waals surface area contributed by atoms with Crippen LogP contribution in [0.2, 0.25) is 0 Å². The highest BCUT2D eigenvalue weighted by molar-refractivity contribution is 5.73. The third-order valence-corrected chi connectivity index (χ3v) is 2.10. The van der Waals surface area contributed by atoms with Crippen molar-refractivity contribution in [2.75, 3.05) is 0 Å². The van der Waals surface area contributed by atoms with Crippen LogP contribution >= 0.6 is 0 Å². The Balaban J connectivity index is 2.76. The first-order valence-corrected chi connectivity index (χ1v) is 3.87. The highest BCUT2D eigenvalue weighted by Gasteiger charge is 2.44. The number of aliphatic hydroxyl groups is 3. The lowest BCUT2D eigenvalue weighted by atomic mass is 9.96. The molecule has 6 nitrogen and oxygen atoms in total. The molecule has 0 bridgehead atoms. The number of ether oxygens (including phenoxy) is 1. The molecule has 0 saturated carbocycles.